The van der Waals surface area contributed by atoms with Crippen LogP contribution in [0.25, 0.3) is 0 Å². The molecule has 22 heavy (non-hydrogen) atoms. The van der Waals surface area contributed by atoms with Gasteiger partial charge in [0.15, 0.2) is 0 Å². The zero-order valence-corrected chi connectivity index (χ0v) is 13.3. The van der Waals surface area contributed by atoms with Crippen LogP contribution in [0, 0.1) is 5.41 Å². The van der Waals surface area contributed by atoms with E-state index in [1.165, 1.54) is 11.9 Å². The lowest BCUT2D eigenvalue weighted by atomic mass is 9.74. The first-order valence-corrected chi connectivity index (χ1v) is 7.49. The van der Waals surface area contributed by atoms with Gasteiger partial charge in [-0.2, -0.15) is 0 Å². The highest BCUT2D eigenvalue weighted by Gasteiger charge is 2.59. The van der Waals surface area contributed by atoms with Crippen LogP contribution in [0.3, 0.4) is 0 Å². The molecule has 0 saturated heterocycles. The maximum atomic E-state index is 12.3. The van der Waals surface area contributed by atoms with Gasteiger partial charge in [0.25, 0.3) is 0 Å². The Balaban J connectivity index is 2.13. The minimum Gasteiger partial charge on any atom is -0.479 e. The molecule has 0 radical (unpaired) electrons. The molecule has 1 aliphatic rings. The van der Waals surface area contributed by atoms with Crippen LogP contribution >= 0.6 is 0 Å². The van der Waals surface area contributed by atoms with Crippen LogP contribution < -0.4 is 0 Å². The minimum atomic E-state index is -1.21. The van der Waals surface area contributed by atoms with Gasteiger partial charge in [0.2, 0.25) is 0 Å². The average molecular weight is 305 g/mol. The molecule has 5 nitrogen and oxygen atoms in total. The second-order valence-electron chi connectivity index (χ2n) is 6.50. The maximum Gasteiger partial charge on any atom is 0.410 e. The summed E-state index contributed by atoms with van der Waals surface area (Å²) in [6.07, 6.45) is 1.42. The number of carboxylic acids is 1. The van der Waals surface area contributed by atoms with E-state index < -0.39 is 23.0 Å². The fraction of sp³-hybridized carbons (Fsp3) is 0.529. The van der Waals surface area contributed by atoms with Crippen LogP contribution in [0.2, 0.25) is 0 Å². The minimum absolute atomic E-state index is 0.139. The van der Waals surface area contributed by atoms with Crippen LogP contribution in [0.1, 0.15) is 38.7 Å². The molecular weight excluding hydrogens is 282 g/mol. The lowest BCUT2D eigenvalue weighted by Crippen LogP contribution is -2.61. The van der Waals surface area contributed by atoms with E-state index in [1.807, 2.05) is 44.2 Å². The lowest BCUT2D eigenvalue weighted by molar-refractivity contribution is -0.156. The lowest BCUT2D eigenvalue weighted by Gasteiger charge is -2.43. The number of hydrogen-bond donors (Lipinski definition) is 1. The Morgan fingerprint density at radius 3 is 2.36 bits per heavy atom. The summed E-state index contributed by atoms with van der Waals surface area (Å²) < 4.78 is 5.29. The summed E-state index contributed by atoms with van der Waals surface area (Å²) in [5.41, 5.74) is -0.820. The molecule has 1 fully saturated rings. The Kier molecular flexibility index (Phi) is 4.44. The zero-order chi connectivity index (χ0) is 16.4. The van der Waals surface area contributed by atoms with Crippen molar-refractivity contribution in [2.45, 2.75) is 45.3 Å². The highest BCUT2D eigenvalue weighted by molar-refractivity contribution is 5.85. The molecule has 0 aromatic heterocycles. The normalized spacial score (nSPS) is 23.0. The number of nitrogens with zero attached hydrogens (tertiary/aromatic N) is 1. The molecule has 1 N–H and O–H groups in total. The quantitative estimate of drug-likeness (QED) is 0.927. The Labute approximate surface area is 130 Å². The average Bonchev–Trinajstić information content (AvgIpc) is 2.81. The van der Waals surface area contributed by atoms with E-state index in [1.54, 1.807) is 0 Å². The second kappa shape index (κ2) is 5.99. The molecule has 0 heterocycles. The standard InChI is InChI=1S/C17H23NO4/c1-16(2)10-7-11-17(16,14(19)20)18(3)15(21)22-12-13-8-5-4-6-9-13/h4-6,8-9H,7,10-12H2,1-3H3,(H,19,20). The van der Waals surface area contributed by atoms with E-state index in [4.69, 9.17) is 4.74 Å². The van der Waals surface area contributed by atoms with E-state index in [9.17, 15) is 14.7 Å². The highest BCUT2D eigenvalue weighted by Crippen LogP contribution is 2.49. The second-order valence-corrected chi connectivity index (χ2v) is 6.50. The van der Waals surface area contributed by atoms with Gasteiger partial charge in [0.05, 0.1) is 0 Å². The molecule has 0 bridgehead atoms. The Bertz CT molecular complexity index is 555. The molecule has 0 spiro atoms. The maximum absolute atomic E-state index is 12.3. The van der Waals surface area contributed by atoms with E-state index in [0.29, 0.717) is 6.42 Å². The van der Waals surface area contributed by atoms with Crippen molar-refractivity contribution in [2.75, 3.05) is 7.05 Å². The molecule has 1 atom stereocenters. The Morgan fingerprint density at radius 2 is 1.86 bits per heavy atom. The number of amides is 1. The van der Waals surface area contributed by atoms with Crippen LogP contribution in [-0.4, -0.2) is 34.7 Å². The van der Waals surface area contributed by atoms with Gasteiger partial charge in [-0.15, -0.1) is 0 Å². The molecule has 5 heteroatoms. The van der Waals surface area contributed by atoms with Gasteiger partial charge in [0.1, 0.15) is 12.1 Å². The van der Waals surface area contributed by atoms with Crippen molar-refractivity contribution < 1.29 is 19.4 Å². The smallest absolute Gasteiger partial charge is 0.410 e. The van der Waals surface area contributed by atoms with Crippen LogP contribution in [0.5, 0.6) is 0 Å². The first kappa shape index (κ1) is 16.3. The van der Waals surface area contributed by atoms with E-state index in [0.717, 1.165) is 18.4 Å². The molecule has 1 aromatic carbocycles. The van der Waals surface area contributed by atoms with Crippen LogP contribution in [-0.2, 0) is 16.1 Å². The predicted molar refractivity (Wildman–Crippen MR) is 82.4 cm³/mol. The third-order valence-corrected chi connectivity index (χ3v) is 4.87. The first-order chi connectivity index (χ1) is 10.3. The molecule has 1 aromatic rings. The summed E-state index contributed by atoms with van der Waals surface area (Å²) in [5.74, 6) is -0.964. The summed E-state index contributed by atoms with van der Waals surface area (Å²) in [7, 11) is 1.52. The Morgan fingerprint density at radius 1 is 1.23 bits per heavy atom. The number of aliphatic carboxylic acids is 1. The molecular formula is C17H23NO4. The van der Waals surface area contributed by atoms with Gasteiger partial charge in [-0.05, 0) is 30.2 Å². The molecule has 0 aliphatic heterocycles. The van der Waals surface area contributed by atoms with Crippen LogP contribution in [0.15, 0.2) is 30.3 Å². The van der Waals surface area contributed by atoms with E-state index >= 15 is 0 Å². The van der Waals surface area contributed by atoms with Crippen molar-refractivity contribution in [3.8, 4) is 0 Å². The monoisotopic (exact) mass is 305 g/mol. The first-order valence-electron chi connectivity index (χ1n) is 7.49. The van der Waals surface area contributed by atoms with E-state index in [-0.39, 0.29) is 6.61 Å². The predicted octanol–water partition coefficient (Wildman–Crippen LogP) is 3.29. The molecule has 1 saturated carbocycles. The summed E-state index contributed by atoms with van der Waals surface area (Å²) in [5, 5.41) is 9.75. The van der Waals surface area contributed by atoms with Crippen molar-refractivity contribution in [3.05, 3.63) is 35.9 Å². The summed E-state index contributed by atoms with van der Waals surface area (Å²) in [6, 6.07) is 9.34. The van der Waals surface area contributed by atoms with Gasteiger partial charge in [-0.1, -0.05) is 44.2 Å². The summed E-state index contributed by atoms with van der Waals surface area (Å²) >= 11 is 0. The molecule has 1 amide bonds. The highest BCUT2D eigenvalue weighted by atomic mass is 16.6. The largest absolute Gasteiger partial charge is 0.479 e. The van der Waals surface area contributed by atoms with Gasteiger partial charge < -0.3 is 9.84 Å². The third-order valence-electron chi connectivity index (χ3n) is 4.87. The van der Waals surface area contributed by atoms with Crippen molar-refractivity contribution in [1.29, 1.82) is 0 Å². The Hall–Kier alpha value is -2.04. The van der Waals surface area contributed by atoms with Crippen molar-refractivity contribution in [2.24, 2.45) is 5.41 Å². The summed E-state index contributed by atoms with van der Waals surface area (Å²) in [4.78, 5) is 25.5. The number of likely N-dealkylation sites (N-methyl/N-ethyl adjacent to an activating group) is 1. The van der Waals surface area contributed by atoms with Crippen LogP contribution in [0.4, 0.5) is 4.79 Å². The molecule has 120 valence electrons. The third kappa shape index (κ3) is 2.67. The molecule has 1 aliphatic carbocycles. The number of carbonyl (C=O) groups is 2. The van der Waals surface area contributed by atoms with Gasteiger partial charge in [0, 0.05) is 7.05 Å². The molecule has 2 rings (SSSR count). The van der Waals surface area contributed by atoms with Gasteiger partial charge >= 0.3 is 12.1 Å². The number of rotatable bonds is 4. The zero-order valence-electron chi connectivity index (χ0n) is 13.3. The molecule has 1 unspecified atom stereocenters. The topological polar surface area (TPSA) is 66.8 Å². The van der Waals surface area contributed by atoms with Gasteiger partial charge in [-0.3, -0.25) is 4.90 Å². The van der Waals surface area contributed by atoms with Gasteiger partial charge in [-0.25, -0.2) is 9.59 Å². The number of benzene rings is 1. The fourth-order valence-corrected chi connectivity index (χ4v) is 3.46. The fourth-order valence-electron chi connectivity index (χ4n) is 3.46. The number of carbonyl (C=O) groups excluding carboxylic acids is 1. The number of carboxylic acid groups (broad SMARTS) is 1. The number of hydrogen-bond acceptors (Lipinski definition) is 3. The number of ether oxygens (including phenoxy) is 1. The van der Waals surface area contributed by atoms with Crippen molar-refractivity contribution in [1.82, 2.24) is 4.90 Å². The van der Waals surface area contributed by atoms with Crippen molar-refractivity contribution in [3.63, 3.8) is 0 Å². The van der Waals surface area contributed by atoms with E-state index in [2.05, 4.69) is 0 Å². The SMILES string of the molecule is CN(C(=O)OCc1ccccc1)C1(C(=O)O)CCCC1(C)C. The van der Waals surface area contributed by atoms with Crippen molar-refractivity contribution >= 4 is 12.1 Å². The summed E-state index contributed by atoms with van der Waals surface area (Å²) in [6.45, 7) is 3.93.